The molecule has 0 bridgehead atoms. The van der Waals surface area contributed by atoms with Crippen molar-refractivity contribution in [1.29, 1.82) is 0 Å². The van der Waals surface area contributed by atoms with Gasteiger partial charge in [-0.1, -0.05) is 129 Å². The molecule has 0 aliphatic rings. The smallest absolute Gasteiger partial charge is 0.0141 e. The van der Waals surface area contributed by atoms with Crippen LogP contribution in [0.2, 0.25) is 0 Å². The number of rotatable bonds is 4. The van der Waals surface area contributed by atoms with Crippen LogP contribution in [0.1, 0.15) is 0 Å². The molecule has 0 aliphatic carbocycles. The molecule has 1 heterocycles. The molecular formula is C28H21P. The lowest BCUT2D eigenvalue weighted by Crippen LogP contribution is -1.83. The molecule has 1 atom stereocenters. The highest BCUT2D eigenvalue weighted by atomic mass is 31.1. The predicted octanol–water partition coefficient (Wildman–Crippen LogP) is 8.66. The third-order valence-corrected chi connectivity index (χ3v) is 7.57. The molecule has 29 heavy (non-hydrogen) atoms. The summed E-state index contributed by atoms with van der Waals surface area (Å²) in [5.41, 5.74) is 6.56. The molecule has 0 saturated carbocycles. The molecule has 0 radical (unpaired) electrons. The minimum Gasteiger partial charge on any atom is -0.0840 e. The van der Waals surface area contributed by atoms with Gasteiger partial charge in [0.05, 0.1) is 0 Å². The van der Waals surface area contributed by atoms with Crippen LogP contribution in [0.4, 0.5) is 0 Å². The van der Waals surface area contributed by atoms with E-state index in [2.05, 4.69) is 127 Å². The summed E-state index contributed by atoms with van der Waals surface area (Å²) in [5, 5.41) is 2.83. The summed E-state index contributed by atoms with van der Waals surface area (Å²) in [7, 11) is -0.588. The van der Waals surface area contributed by atoms with Gasteiger partial charge in [-0.25, -0.2) is 0 Å². The van der Waals surface area contributed by atoms with E-state index >= 15 is 0 Å². The summed E-state index contributed by atoms with van der Waals surface area (Å²) in [6.45, 7) is 0. The van der Waals surface area contributed by atoms with Gasteiger partial charge < -0.3 is 0 Å². The summed E-state index contributed by atoms with van der Waals surface area (Å²) in [4.78, 5) is 0. The second-order valence-corrected chi connectivity index (χ2v) is 9.03. The second kappa shape index (κ2) is 7.95. The minimum atomic E-state index is -0.588. The van der Waals surface area contributed by atoms with Gasteiger partial charge in [0.2, 0.25) is 0 Å². The first-order chi connectivity index (χ1) is 14.4. The molecule has 0 saturated heterocycles. The molecule has 1 unspecified atom stereocenters. The van der Waals surface area contributed by atoms with E-state index in [-0.39, 0.29) is 0 Å². The number of hydrogen-bond donors (Lipinski definition) is 0. The maximum Gasteiger partial charge on any atom is 0.0141 e. The lowest BCUT2D eigenvalue weighted by Gasteiger charge is -2.12. The first-order valence-electron chi connectivity index (χ1n) is 9.89. The van der Waals surface area contributed by atoms with E-state index in [1.807, 2.05) is 0 Å². The highest BCUT2D eigenvalue weighted by Gasteiger charge is 2.21. The van der Waals surface area contributed by atoms with Crippen LogP contribution in [0, 0.1) is 0 Å². The van der Waals surface area contributed by atoms with E-state index < -0.39 is 7.53 Å². The average molecular weight is 388 g/mol. The average Bonchev–Trinajstić information content (AvgIpc) is 3.22. The topological polar surface area (TPSA) is 0 Å². The Balaban J connectivity index is 1.89. The minimum absolute atomic E-state index is 0.588. The Hall–Kier alpha value is -3.34. The van der Waals surface area contributed by atoms with E-state index in [4.69, 9.17) is 0 Å². The van der Waals surface area contributed by atoms with Gasteiger partial charge in [0.1, 0.15) is 0 Å². The molecule has 4 aromatic carbocycles. The Morgan fingerprint density at radius 2 is 0.862 bits per heavy atom. The molecule has 0 nitrogen and oxygen atoms in total. The van der Waals surface area contributed by atoms with Crippen molar-refractivity contribution in [2.45, 2.75) is 0 Å². The summed E-state index contributed by atoms with van der Waals surface area (Å²) in [6.07, 6.45) is 0. The fourth-order valence-corrected chi connectivity index (χ4v) is 6.40. The van der Waals surface area contributed by atoms with Crippen LogP contribution >= 0.6 is 7.53 Å². The molecule has 138 valence electrons. The van der Waals surface area contributed by atoms with Gasteiger partial charge in [0, 0.05) is 10.9 Å². The van der Waals surface area contributed by atoms with Gasteiger partial charge >= 0.3 is 0 Å². The summed E-state index contributed by atoms with van der Waals surface area (Å²) in [6, 6.07) is 43.4. The van der Waals surface area contributed by atoms with Crippen molar-refractivity contribution in [3.63, 3.8) is 0 Å². The van der Waals surface area contributed by atoms with Crippen molar-refractivity contribution in [2.75, 3.05) is 0 Å². The van der Waals surface area contributed by atoms with Gasteiger partial charge in [-0.2, -0.15) is 0 Å². The van der Waals surface area contributed by atoms with E-state index in [9.17, 15) is 0 Å². The van der Waals surface area contributed by atoms with Crippen LogP contribution in [-0.2, 0) is 0 Å². The Morgan fingerprint density at radius 3 is 1.41 bits per heavy atom. The fraction of sp³-hybridized carbons (Fsp3) is 0. The molecule has 0 aliphatic heterocycles. The van der Waals surface area contributed by atoms with Gasteiger partial charge in [0.15, 0.2) is 0 Å². The van der Waals surface area contributed by atoms with Crippen LogP contribution in [0.25, 0.3) is 38.4 Å². The van der Waals surface area contributed by atoms with Crippen molar-refractivity contribution in [1.82, 2.24) is 0 Å². The van der Waals surface area contributed by atoms with Gasteiger partial charge in [0.25, 0.3) is 0 Å². The molecule has 1 heteroatoms. The van der Waals surface area contributed by atoms with E-state index in [1.54, 1.807) is 0 Å². The molecule has 0 amide bonds. The third kappa shape index (κ3) is 3.44. The van der Waals surface area contributed by atoms with E-state index in [1.165, 1.54) is 38.4 Å². The molecular weight excluding hydrogens is 367 g/mol. The molecule has 1 aromatic heterocycles. The zero-order valence-corrected chi connectivity index (χ0v) is 17.0. The van der Waals surface area contributed by atoms with Gasteiger partial charge in [-0.3, -0.25) is 0 Å². The zero-order valence-electron chi connectivity index (χ0n) is 16.1. The Kier molecular flexibility index (Phi) is 4.87. The van der Waals surface area contributed by atoms with Crippen LogP contribution in [0.5, 0.6) is 0 Å². The summed E-state index contributed by atoms with van der Waals surface area (Å²) in [5.74, 6) is 2.50. The van der Waals surface area contributed by atoms with Crippen molar-refractivity contribution >= 4 is 7.53 Å². The maximum absolute atomic E-state index is 2.50. The number of hydrogen-bond acceptors (Lipinski definition) is 0. The highest BCUT2D eigenvalue weighted by Crippen LogP contribution is 2.58. The third-order valence-electron chi connectivity index (χ3n) is 5.23. The van der Waals surface area contributed by atoms with Crippen molar-refractivity contribution in [2.24, 2.45) is 0 Å². The monoisotopic (exact) mass is 388 g/mol. The molecule has 0 fully saturated rings. The largest absolute Gasteiger partial charge is 0.0840 e. The highest BCUT2D eigenvalue weighted by molar-refractivity contribution is 7.60. The molecule has 5 aromatic rings. The lowest BCUT2D eigenvalue weighted by molar-refractivity contribution is 1.62. The Bertz CT molecular complexity index is 1110. The normalized spacial score (nSPS) is 11.4. The van der Waals surface area contributed by atoms with E-state index in [0.717, 1.165) is 0 Å². The Morgan fingerprint density at radius 1 is 0.414 bits per heavy atom. The lowest BCUT2D eigenvalue weighted by atomic mass is 9.95. The molecule has 5 rings (SSSR count). The van der Waals surface area contributed by atoms with Crippen molar-refractivity contribution in [3.8, 4) is 38.4 Å². The summed E-state index contributed by atoms with van der Waals surface area (Å²) >= 11 is 0. The maximum atomic E-state index is 2.50. The van der Waals surface area contributed by atoms with Gasteiger partial charge in [-0.15, -0.1) is 0 Å². The molecule has 0 spiro atoms. The first-order valence-corrected chi connectivity index (χ1v) is 11.3. The van der Waals surface area contributed by atoms with Crippen molar-refractivity contribution in [3.05, 3.63) is 127 Å². The number of benzene rings is 4. The SMILES string of the molecule is c1ccc(-c2cp(-c3ccccc3)c(-c3ccccc3)c2-c2ccccc2)cc1. The predicted molar refractivity (Wildman–Crippen MR) is 127 cm³/mol. The molecule has 0 N–H and O–H groups in total. The van der Waals surface area contributed by atoms with Crippen molar-refractivity contribution < 1.29 is 0 Å². The van der Waals surface area contributed by atoms with Gasteiger partial charge in [-0.05, 0) is 33.4 Å². The standard InChI is InChI=1S/C28H21P/c1-5-13-22(14-6-1)26-21-29(25-19-11-4-12-20-25)28(24-17-9-3-10-18-24)27(26)23-15-7-2-8-16-23/h1-21H. The quantitative estimate of drug-likeness (QED) is 0.289. The van der Waals surface area contributed by atoms with Crippen LogP contribution in [-0.4, -0.2) is 0 Å². The summed E-state index contributed by atoms with van der Waals surface area (Å²) < 4.78 is 0. The first kappa shape index (κ1) is 17.7. The fourth-order valence-electron chi connectivity index (χ4n) is 3.91. The van der Waals surface area contributed by atoms with Crippen LogP contribution in [0.15, 0.2) is 127 Å². The second-order valence-electron chi connectivity index (χ2n) is 7.07. The Labute approximate surface area is 173 Å². The van der Waals surface area contributed by atoms with E-state index in [0.29, 0.717) is 0 Å². The van der Waals surface area contributed by atoms with Crippen LogP contribution in [0.3, 0.4) is 0 Å². The van der Waals surface area contributed by atoms with Crippen LogP contribution < -0.4 is 0 Å². The zero-order chi connectivity index (χ0) is 19.5.